The van der Waals surface area contributed by atoms with Gasteiger partial charge in [0.15, 0.2) is 5.11 Å². The summed E-state index contributed by atoms with van der Waals surface area (Å²) in [6.07, 6.45) is 1.08. The average molecular weight is 429 g/mol. The van der Waals surface area contributed by atoms with Gasteiger partial charge in [-0.3, -0.25) is 4.90 Å². The van der Waals surface area contributed by atoms with E-state index in [0.29, 0.717) is 11.7 Å². The summed E-state index contributed by atoms with van der Waals surface area (Å²) in [7, 11) is 3.37. The van der Waals surface area contributed by atoms with Crippen LogP contribution in [0.15, 0.2) is 48.5 Å². The molecule has 0 radical (unpaired) electrons. The van der Waals surface area contributed by atoms with Crippen molar-refractivity contribution in [1.82, 2.24) is 15.5 Å². The topological polar surface area (TPSA) is 49.0 Å². The number of anilines is 1. The minimum Gasteiger partial charge on any atom is -0.497 e. The molecular weight excluding hydrogens is 396 g/mol. The molecule has 0 amide bonds. The monoisotopic (exact) mass is 428 g/mol. The van der Waals surface area contributed by atoms with Gasteiger partial charge in [0.05, 0.1) is 14.2 Å². The molecule has 0 unspecified atom stereocenters. The van der Waals surface area contributed by atoms with Crippen LogP contribution in [-0.2, 0) is 6.54 Å². The molecule has 3 rings (SSSR count). The predicted molar refractivity (Wildman–Crippen MR) is 127 cm³/mol. The van der Waals surface area contributed by atoms with Crippen molar-refractivity contribution in [2.24, 2.45) is 0 Å². The zero-order valence-electron chi connectivity index (χ0n) is 17.9. The molecule has 7 heteroatoms. The van der Waals surface area contributed by atoms with Crippen LogP contribution in [0.3, 0.4) is 0 Å². The molecule has 2 aromatic rings. The number of benzene rings is 2. The van der Waals surface area contributed by atoms with Gasteiger partial charge in [-0.1, -0.05) is 12.1 Å². The van der Waals surface area contributed by atoms with Crippen molar-refractivity contribution < 1.29 is 9.47 Å². The van der Waals surface area contributed by atoms with Crippen molar-refractivity contribution in [2.75, 3.05) is 58.4 Å². The van der Waals surface area contributed by atoms with E-state index < -0.39 is 0 Å². The van der Waals surface area contributed by atoms with Gasteiger partial charge < -0.3 is 25.0 Å². The molecule has 1 aliphatic heterocycles. The van der Waals surface area contributed by atoms with Gasteiger partial charge in [-0.05, 0) is 67.1 Å². The van der Waals surface area contributed by atoms with Crippen molar-refractivity contribution in [3.8, 4) is 11.5 Å². The molecular formula is C23H32N4O2S. The van der Waals surface area contributed by atoms with E-state index >= 15 is 0 Å². The van der Waals surface area contributed by atoms with E-state index in [9.17, 15) is 0 Å². The Kier molecular flexibility index (Phi) is 8.59. The second-order valence-electron chi connectivity index (χ2n) is 7.34. The number of ether oxygens (including phenoxy) is 2. The number of nitrogens with zero attached hydrogens (tertiary/aromatic N) is 2. The van der Waals surface area contributed by atoms with E-state index in [-0.39, 0.29) is 0 Å². The van der Waals surface area contributed by atoms with Crippen LogP contribution in [-0.4, -0.2) is 63.5 Å². The van der Waals surface area contributed by atoms with E-state index in [1.165, 1.54) is 11.3 Å². The molecule has 0 bridgehead atoms. The molecule has 1 saturated heterocycles. The highest BCUT2D eigenvalue weighted by Gasteiger charge is 2.16. The lowest BCUT2D eigenvalue weighted by Gasteiger charge is -2.36. The average Bonchev–Trinajstić information content (AvgIpc) is 2.81. The minimum absolute atomic E-state index is 0.704. The van der Waals surface area contributed by atoms with Crippen molar-refractivity contribution in [3.63, 3.8) is 0 Å². The second kappa shape index (κ2) is 11.6. The molecule has 1 fully saturated rings. The quantitative estimate of drug-likeness (QED) is 0.470. The Labute approximate surface area is 185 Å². The Morgan fingerprint density at radius 1 is 0.867 bits per heavy atom. The zero-order chi connectivity index (χ0) is 21.2. The minimum atomic E-state index is 0.704. The standard InChI is InChI=1S/C23H32N4O2S/c1-28-21-8-4-19(5-9-21)18-25-23(30)24-12-3-13-26-14-16-27(17-15-26)20-6-10-22(29-2)11-7-20/h4-11H,3,12-18H2,1-2H3,(H2,24,25,30). The summed E-state index contributed by atoms with van der Waals surface area (Å²) in [6.45, 7) is 6.97. The molecule has 0 aliphatic carbocycles. The third-order valence-corrected chi connectivity index (χ3v) is 5.65. The predicted octanol–water partition coefficient (Wildman–Crippen LogP) is 2.88. The van der Waals surface area contributed by atoms with Crippen molar-refractivity contribution in [2.45, 2.75) is 13.0 Å². The third-order valence-electron chi connectivity index (χ3n) is 5.36. The number of rotatable bonds is 9. The maximum atomic E-state index is 5.38. The highest BCUT2D eigenvalue weighted by atomic mass is 32.1. The lowest BCUT2D eigenvalue weighted by atomic mass is 10.2. The van der Waals surface area contributed by atoms with E-state index in [4.69, 9.17) is 21.7 Å². The van der Waals surface area contributed by atoms with Gasteiger partial charge >= 0.3 is 0 Å². The van der Waals surface area contributed by atoms with Crippen LogP contribution in [0.5, 0.6) is 11.5 Å². The van der Waals surface area contributed by atoms with E-state index in [1.807, 2.05) is 36.4 Å². The Morgan fingerprint density at radius 2 is 1.47 bits per heavy atom. The SMILES string of the molecule is COc1ccc(CNC(=S)NCCCN2CCN(c3ccc(OC)cc3)CC2)cc1. The fourth-order valence-corrected chi connectivity index (χ4v) is 3.69. The molecule has 162 valence electrons. The molecule has 2 N–H and O–H groups in total. The smallest absolute Gasteiger partial charge is 0.166 e. The Balaban J connectivity index is 1.27. The summed E-state index contributed by atoms with van der Waals surface area (Å²) in [4.78, 5) is 4.96. The number of hydrogen-bond donors (Lipinski definition) is 2. The molecule has 0 spiro atoms. The van der Waals surface area contributed by atoms with E-state index in [2.05, 4.69) is 32.6 Å². The van der Waals surface area contributed by atoms with Crippen LogP contribution in [0.25, 0.3) is 0 Å². The summed E-state index contributed by atoms with van der Waals surface area (Å²) in [5.41, 5.74) is 2.44. The molecule has 6 nitrogen and oxygen atoms in total. The first-order valence-electron chi connectivity index (χ1n) is 10.4. The molecule has 0 saturated carbocycles. The highest BCUT2D eigenvalue weighted by Crippen LogP contribution is 2.20. The number of methoxy groups -OCH3 is 2. The van der Waals surface area contributed by atoms with Gasteiger partial charge in [-0.2, -0.15) is 0 Å². The summed E-state index contributed by atoms with van der Waals surface area (Å²) < 4.78 is 10.4. The first kappa shape index (κ1) is 22.2. The fraction of sp³-hybridized carbons (Fsp3) is 0.435. The lowest BCUT2D eigenvalue weighted by Crippen LogP contribution is -2.47. The summed E-state index contributed by atoms with van der Waals surface area (Å²) in [5.74, 6) is 1.77. The van der Waals surface area contributed by atoms with Crippen LogP contribution in [0.2, 0.25) is 0 Å². The van der Waals surface area contributed by atoms with Crippen molar-refractivity contribution >= 4 is 23.0 Å². The van der Waals surface area contributed by atoms with Crippen LogP contribution in [0, 0.1) is 0 Å². The Bertz CT molecular complexity index is 775. The molecule has 1 heterocycles. The van der Waals surface area contributed by atoms with Crippen molar-refractivity contribution in [1.29, 1.82) is 0 Å². The first-order valence-corrected chi connectivity index (χ1v) is 10.8. The van der Waals surface area contributed by atoms with Gasteiger partial charge in [0.25, 0.3) is 0 Å². The summed E-state index contributed by atoms with van der Waals surface area (Å²) >= 11 is 5.38. The maximum absolute atomic E-state index is 5.38. The van der Waals surface area contributed by atoms with E-state index in [0.717, 1.165) is 57.2 Å². The van der Waals surface area contributed by atoms with Crippen LogP contribution in [0.1, 0.15) is 12.0 Å². The second-order valence-corrected chi connectivity index (χ2v) is 7.75. The highest BCUT2D eigenvalue weighted by molar-refractivity contribution is 7.80. The van der Waals surface area contributed by atoms with Gasteiger partial charge in [-0.15, -0.1) is 0 Å². The number of nitrogens with one attached hydrogen (secondary N) is 2. The molecule has 2 aromatic carbocycles. The lowest BCUT2D eigenvalue weighted by molar-refractivity contribution is 0.255. The van der Waals surface area contributed by atoms with Gasteiger partial charge in [0.2, 0.25) is 0 Å². The summed E-state index contributed by atoms with van der Waals surface area (Å²) in [6, 6.07) is 16.3. The van der Waals surface area contributed by atoms with E-state index in [1.54, 1.807) is 14.2 Å². The molecule has 1 aliphatic rings. The Morgan fingerprint density at radius 3 is 2.07 bits per heavy atom. The summed E-state index contributed by atoms with van der Waals surface area (Å²) in [5, 5.41) is 7.27. The molecule has 30 heavy (non-hydrogen) atoms. The van der Waals surface area contributed by atoms with Crippen LogP contribution >= 0.6 is 12.2 Å². The maximum Gasteiger partial charge on any atom is 0.166 e. The largest absolute Gasteiger partial charge is 0.497 e. The van der Waals surface area contributed by atoms with Gasteiger partial charge in [0, 0.05) is 45.0 Å². The fourth-order valence-electron chi connectivity index (χ4n) is 3.52. The van der Waals surface area contributed by atoms with Crippen molar-refractivity contribution in [3.05, 3.63) is 54.1 Å². The molecule has 0 atom stereocenters. The Hall–Kier alpha value is -2.51. The van der Waals surface area contributed by atoms with Gasteiger partial charge in [0.1, 0.15) is 11.5 Å². The molecule has 0 aromatic heterocycles. The van der Waals surface area contributed by atoms with Crippen LogP contribution in [0.4, 0.5) is 5.69 Å². The van der Waals surface area contributed by atoms with Gasteiger partial charge in [-0.25, -0.2) is 0 Å². The normalized spacial score (nSPS) is 14.3. The first-order chi connectivity index (χ1) is 14.7. The third kappa shape index (κ3) is 6.78. The number of hydrogen-bond acceptors (Lipinski definition) is 5. The number of piperazine rings is 1. The van der Waals surface area contributed by atoms with Crippen LogP contribution < -0.4 is 25.0 Å². The number of thiocarbonyl (C=S) groups is 1. The zero-order valence-corrected chi connectivity index (χ0v) is 18.7.